The Morgan fingerprint density at radius 3 is 2.55 bits per heavy atom. The largest absolute Gasteiger partial charge is 0.323 e. The second-order valence-corrected chi connectivity index (χ2v) is 6.83. The third-order valence-corrected chi connectivity index (χ3v) is 5.51. The Morgan fingerprint density at radius 2 is 1.80 bits per heavy atom. The van der Waals surface area contributed by atoms with Gasteiger partial charge in [-0.25, -0.2) is 0 Å². The zero-order valence-electron chi connectivity index (χ0n) is 11.3. The number of rotatable bonds is 3. The minimum absolute atomic E-state index is 0.149. The van der Waals surface area contributed by atoms with Crippen molar-refractivity contribution >= 4 is 38.0 Å². The van der Waals surface area contributed by atoms with Crippen molar-refractivity contribution in [3.63, 3.8) is 0 Å². The molecule has 0 spiro atoms. The monoisotopic (exact) mass is 345 g/mol. The van der Waals surface area contributed by atoms with Crippen LogP contribution in [0.4, 0.5) is 0 Å². The highest BCUT2D eigenvalue weighted by molar-refractivity contribution is 9.10. The van der Waals surface area contributed by atoms with Crippen molar-refractivity contribution in [1.82, 2.24) is 0 Å². The topological polar surface area (TPSA) is 26.0 Å². The molecular formula is C17H16BrNS. The minimum Gasteiger partial charge on any atom is -0.323 e. The third kappa shape index (κ3) is 2.41. The van der Waals surface area contributed by atoms with Crippen LogP contribution in [0.5, 0.6) is 0 Å². The molecule has 20 heavy (non-hydrogen) atoms. The average Bonchev–Trinajstić information content (AvgIpc) is 2.97. The molecule has 0 radical (unpaired) electrons. The Morgan fingerprint density at radius 1 is 1.05 bits per heavy atom. The molecule has 1 atom stereocenters. The number of thiophene rings is 1. The molecule has 1 heterocycles. The maximum atomic E-state index is 6.13. The molecule has 1 nitrogen and oxygen atoms in total. The van der Waals surface area contributed by atoms with Crippen LogP contribution in [0.3, 0.4) is 0 Å². The summed E-state index contributed by atoms with van der Waals surface area (Å²) in [5.74, 6) is 0. The van der Waals surface area contributed by atoms with Gasteiger partial charge in [-0.3, -0.25) is 0 Å². The van der Waals surface area contributed by atoms with Gasteiger partial charge in [-0.2, -0.15) is 0 Å². The smallest absolute Gasteiger partial charge is 0.0387 e. The van der Waals surface area contributed by atoms with E-state index in [0.29, 0.717) is 0 Å². The van der Waals surface area contributed by atoms with Gasteiger partial charge in [0.15, 0.2) is 0 Å². The Balaban J connectivity index is 2.15. The maximum absolute atomic E-state index is 6.13. The van der Waals surface area contributed by atoms with Crippen molar-refractivity contribution in [3.05, 3.63) is 57.9 Å². The lowest BCUT2D eigenvalue weighted by Gasteiger charge is -2.07. The molecule has 3 heteroatoms. The Kier molecular flexibility index (Phi) is 3.92. The molecule has 0 bridgehead atoms. The van der Waals surface area contributed by atoms with E-state index >= 15 is 0 Å². The van der Waals surface area contributed by atoms with Gasteiger partial charge in [0, 0.05) is 20.3 Å². The molecule has 3 rings (SSSR count). The van der Waals surface area contributed by atoms with E-state index in [9.17, 15) is 0 Å². The molecule has 0 aliphatic rings. The molecule has 0 aliphatic carbocycles. The second kappa shape index (κ2) is 5.68. The van der Waals surface area contributed by atoms with Gasteiger partial charge in [0.1, 0.15) is 0 Å². The molecule has 2 aromatic carbocycles. The highest BCUT2D eigenvalue weighted by Crippen LogP contribution is 2.37. The van der Waals surface area contributed by atoms with E-state index in [-0.39, 0.29) is 6.04 Å². The molecule has 1 unspecified atom stereocenters. The van der Waals surface area contributed by atoms with E-state index in [1.807, 2.05) is 0 Å². The molecule has 2 N–H and O–H groups in total. The number of halogens is 1. The van der Waals surface area contributed by atoms with Crippen molar-refractivity contribution in [2.45, 2.75) is 19.4 Å². The third-order valence-electron chi connectivity index (χ3n) is 3.57. The fraction of sp³-hybridized carbons (Fsp3) is 0.176. The summed E-state index contributed by atoms with van der Waals surface area (Å²) in [6.45, 7) is 2.12. The van der Waals surface area contributed by atoms with Crippen molar-refractivity contribution in [1.29, 1.82) is 0 Å². The Bertz CT molecular complexity index is 748. The first-order chi connectivity index (χ1) is 9.70. The van der Waals surface area contributed by atoms with E-state index in [1.165, 1.54) is 26.1 Å². The van der Waals surface area contributed by atoms with Crippen molar-refractivity contribution in [2.75, 3.05) is 0 Å². The summed E-state index contributed by atoms with van der Waals surface area (Å²) in [4.78, 5) is 2.54. The van der Waals surface area contributed by atoms with Gasteiger partial charge >= 0.3 is 0 Å². The summed E-state index contributed by atoms with van der Waals surface area (Å²) in [6, 6.07) is 17.3. The van der Waals surface area contributed by atoms with Gasteiger partial charge < -0.3 is 5.73 Å². The fourth-order valence-corrected chi connectivity index (χ4v) is 3.99. The van der Waals surface area contributed by atoms with Crippen LogP contribution in [-0.4, -0.2) is 0 Å². The molecule has 0 amide bonds. The summed E-state index contributed by atoms with van der Waals surface area (Å²) in [7, 11) is 0. The molecule has 0 saturated carbocycles. The van der Waals surface area contributed by atoms with Crippen LogP contribution in [0.25, 0.3) is 21.2 Å². The SMILES string of the molecule is CCC(N)c1ccc(-c2ccc(Br)c3ccccc23)s1. The molecule has 0 saturated heterocycles. The number of nitrogens with two attached hydrogens (primary N) is 1. The Labute approximate surface area is 131 Å². The first-order valence-electron chi connectivity index (χ1n) is 6.73. The standard InChI is InChI=1S/C17H16BrNS/c1-2-15(19)17-10-9-16(20-17)13-7-8-14(18)12-6-4-3-5-11(12)13/h3-10,15H,2,19H2,1H3. The highest BCUT2D eigenvalue weighted by atomic mass is 79.9. The van der Waals surface area contributed by atoms with Crippen molar-refractivity contribution in [2.24, 2.45) is 5.73 Å². The van der Waals surface area contributed by atoms with Gasteiger partial charge in [-0.1, -0.05) is 53.2 Å². The molecule has 0 aliphatic heterocycles. The number of hydrogen-bond donors (Lipinski definition) is 1. The average molecular weight is 346 g/mol. The summed E-state index contributed by atoms with van der Waals surface area (Å²) in [5, 5.41) is 2.53. The quantitative estimate of drug-likeness (QED) is 0.643. The molecular weight excluding hydrogens is 330 g/mol. The zero-order chi connectivity index (χ0) is 14.1. The second-order valence-electron chi connectivity index (χ2n) is 4.86. The normalized spacial score (nSPS) is 12.8. The summed E-state index contributed by atoms with van der Waals surface area (Å²) in [6.07, 6.45) is 0.973. The van der Waals surface area contributed by atoms with Crippen LogP contribution in [0, 0.1) is 0 Å². The van der Waals surface area contributed by atoms with Crippen LogP contribution in [0.1, 0.15) is 24.3 Å². The summed E-state index contributed by atoms with van der Waals surface area (Å²) >= 11 is 5.43. The lowest BCUT2D eigenvalue weighted by molar-refractivity contribution is 0.712. The number of hydrogen-bond acceptors (Lipinski definition) is 2. The lowest BCUT2D eigenvalue weighted by atomic mass is 10.0. The van der Waals surface area contributed by atoms with E-state index < -0.39 is 0 Å². The van der Waals surface area contributed by atoms with Crippen LogP contribution in [0.2, 0.25) is 0 Å². The Hall–Kier alpha value is -1.16. The predicted molar refractivity (Wildman–Crippen MR) is 92.2 cm³/mol. The first kappa shape index (κ1) is 13.8. The van der Waals surface area contributed by atoms with Crippen molar-refractivity contribution in [3.8, 4) is 10.4 Å². The van der Waals surface area contributed by atoms with E-state index in [2.05, 4.69) is 71.4 Å². The van der Waals surface area contributed by atoms with Crippen LogP contribution < -0.4 is 5.73 Å². The van der Waals surface area contributed by atoms with Gasteiger partial charge in [0.05, 0.1) is 0 Å². The first-order valence-corrected chi connectivity index (χ1v) is 8.34. The predicted octanol–water partition coefficient (Wildman–Crippen LogP) is 5.74. The van der Waals surface area contributed by atoms with Crippen LogP contribution in [0.15, 0.2) is 53.0 Å². The van der Waals surface area contributed by atoms with Gasteiger partial charge in [0.2, 0.25) is 0 Å². The number of benzene rings is 2. The molecule has 3 aromatic rings. The lowest BCUT2D eigenvalue weighted by Crippen LogP contribution is -2.05. The highest BCUT2D eigenvalue weighted by Gasteiger charge is 2.11. The van der Waals surface area contributed by atoms with Crippen LogP contribution in [-0.2, 0) is 0 Å². The summed E-state index contributed by atoms with van der Waals surface area (Å²) < 4.78 is 1.14. The van der Waals surface area contributed by atoms with E-state index in [0.717, 1.165) is 10.9 Å². The van der Waals surface area contributed by atoms with Crippen molar-refractivity contribution < 1.29 is 0 Å². The zero-order valence-corrected chi connectivity index (χ0v) is 13.7. The van der Waals surface area contributed by atoms with Gasteiger partial charge in [-0.05, 0) is 41.0 Å². The molecule has 0 fully saturated rings. The van der Waals surface area contributed by atoms with Gasteiger partial charge in [0.25, 0.3) is 0 Å². The summed E-state index contributed by atoms with van der Waals surface area (Å²) in [5.41, 5.74) is 7.41. The van der Waals surface area contributed by atoms with Gasteiger partial charge in [-0.15, -0.1) is 11.3 Å². The fourth-order valence-electron chi connectivity index (χ4n) is 2.38. The minimum atomic E-state index is 0.149. The maximum Gasteiger partial charge on any atom is 0.0387 e. The van der Waals surface area contributed by atoms with Crippen LogP contribution >= 0.6 is 27.3 Å². The van der Waals surface area contributed by atoms with E-state index in [4.69, 9.17) is 5.73 Å². The number of fused-ring (bicyclic) bond motifs is 1. The molecule has 1 aromatic heterocycles. The molecule has 102 valence electrons. The van der Waals surface area contributed by atoms with E-state index in [1.54, 1.807) is 11.3 Å².